The topological polar surface area (TPSA) is 38.3 Å². The van der Waals surface area contributed by atoms with Crippen LogP contribution in [0.25, 0.3) is 0 Å². The monoisotopic (exact) mass is 287 g/mol. The third kappa shape index (κ3) is 2.84. The Labute approximate surface area is 127 Å². The number of nitrogens with one attached hydrogen (secondary N) is 1. The van der Waals surface area contributed by atoms with Crippen LogP contribution in [0.15, 0.2) is 24.3 Å². The van der Waals surface area contributed by atoms with Crippen LogP contribution in [-0.2, 0) is 4.79 Å². The zero-order valence-corrected chi connectivity index (χ0v) is 12.9. The van der Waals surface area contributed by atoms with E-state index in [4.69, 9.17) is 4.74 Å². The van der Waals surface area contributed by atoms with E-state index >= 15 is 0 Å². The molecule has 2 aliphatic rings. The largest absolute Gasteiger partial charge is 0.493 e. The third-order valence-electron chi connectivity index (χ3n) is 5.34. The Bertz CT molecular complexity index is 506. The molecular weight excluding hydrogens is 262 g/mol. The van der Waals surface area contributed by atoms with E-state index in [2.05, 4.69) is 18.3 Å². The molecule has 1 unspecified atom stereocenters. The summed E-state index contributed by atoms with van der Waals surface area (Å²) in [7, 11) is 0. The van der Waals surface area contributed by atoms with E-state index in [1.165, 1.54) is 5.56 Å². The molecule has 1 aromatic rings. The van der Waals surface area contributed by atoms with Gasteiger partial charge in [0.25, 0.3) is 0 Å². The number of rotatable bonds is 4. The first-order chi connectivity index (χ1) is 10.2. The van der Waals surface area contributed by atoms with Gasteiger partial charge in [-0.15, -0.1) is 0 Å². The summed E-state index contributed by atoms with van der Waals surface area (Å²) < 4.78 is 5.71. The highest BCUT2D eigenvalue weighted by Crippen LogP contribution is 2.41. The van der Waals surface area contributed by atoms with E-state index in [1.54, 1.807) is 0 Å². The molecule has 114 valence electrons. The van der Waals surface area contributed by atoms with Gasteiger partial charge >= 0.3 is 0 Å². The predicted molar refractivity (Wildman–Crippen MR) is 83.7 cm³/mol. The Morgan fingerprint density at radius 1 is 1.33 bits per heavy atom. The molecule has 0 aliphatic carbocycles. The summed E-state index contributed by atoms with van der Waals surface area (Å²) in [5, 5.41) is 3.38. The fourth-order valence-corrected chi connectivity index (χ4v) is 3.80. The van der Waals surface area contributed by atoms with Crippen molar-refractivity contribution in [3.05, 3.63) is 29.8 Å². The number of hydrogen-bond donors (Lipinski definition) is 1. The first-order valence-corrected chi connectivity index (χ1v) is 8.21. The molecule has 1 fully saturated rings. The zero-order chi connectivity index (χ0) is 14.7. The van der Waals surface area contributed by atoms with Crippen molar-refractivity contribution >= 4 is 5.78 Å². The summed E-state index contributed by atoms with van der Waals surface area (Å²) in [6, 6.07) is 8.19. The molecule has 1 atom stereocenters. The first-order valence-electron chi connectivity index (χ1n) is 8.21. The van der Waals surface area contributed by atoms with Gasteiger partial charge in [0.2, 0.25) is 0 Å². The van der Waals surface area contributed by atoms with E-state index in [0.717, 1.165) is 51.1 Å². The van der Waals surface area contributed by atoms with Crippen LogP contribution in [0.3, 0.4) is 0 Å². The first kappa shape index (κ1) is 14.6. The lowest BCUT2D eigenvalue weighted by atomic mass is 9.70. The van der Waals surface area contributed by atoms with Gasteiger partial charge in [0.1, 0.15) is 11.5 Å². The smallest absolute Gasteiger partial charge is 0.139 e. The quantitative estimate of drug-likeness (QED) is 0.923. The van der Waals surface area contributed by atoms with Crippen LogP contribution in [0.4, 0.5) is 0 Å². The summed E-state index contributed by atoms with van der Waals surface area (Å²) in [6.45, 7) is 4.85. The number of benzene rings is 1. The molecule has 1 saturated heterocycles. The lowest BCUT2D eigenvalue weighted by molar-refractivity contribution is -0.131. The summed E-state index contributed by atoms with van der Waals surface area (Å²) >= 11 is 0. The number of ether oxygens (including phenoxy) is 1. The molecule has 3 rings (SSSR count). The van der Waals surface area contributed by atoms with Crippen LogP contribution in [-0.4, -0.2) is 25.5 Å². The zero-order valence-electron chi connectivity index (χ0n) is 12.9. The lowest BCUT2D eigenvalue weighted by Crippen LogP contribution is -2.42. The van der Waals surface area contributed by atoms with Gasteiger partial charge in [0, 0.05) is 11.8 Å². The van der Waals surface area contributed by atoms with Gasteiger partial charge in [0.05, 0.1) is 6.61 Å². The van der Waals surface area contributed by atoms with Crippen molar-refractivity contribution in [1.82, 2.24) is 5.32 Å². The summed E-state index contributed by atoms with van der Waals surface area (Å²) in [5.74, 6) is 1.77. The van der Waals surface area contributed by atoms with Gasteiger partial charge < -0.3 is 10.1 Å². The molecule has 1 N–H and O–H groups in total. The molecule has 0 aromatic heterocycles. The van der Waals surface area contributed by atoms with Crippen LogP contribution in [0.1, 0.15) is 50.5 Å². The van der Waals surface area contributed by atoms with Gasteiger partial charge in [-0.25, -0.2) is 0 Å². The molecular formula is C18H25NO2. The maximum Gasteiger partial charge on any atom is 0.139 e. The Kier molecular flexibility index (Phi) is 4.29. The van der Waals surface area contributed by atoms with E-state index < -0.39 is 0 Å². The van der Waals surface area contributed by atoms with Crippen molar-refractivity contribution in [1.29, 1.82) is 0 Å². The van der Waals surface area contributed by atoms with Gasteiger partial charge in [0.15, 0.2) is 0 Å². The van der Waals surface area contributed by atoms with Crippen LogP contribution in [0.5, 0.6) is 5.75 Å². The maximum absolute atomic E-state index is 13.0. The normalized spacial score (nSPS) is 24.0. The average molecular weight is 287 g/mol. The number of carbonyl (C=O) groups excluding carboxylic acids is 1. The lowest BCUT2D eigenvalue weighted by Gasteiger charge is -2.37. The van der Waals surface area contributed by atoms with Gasteiger partial charge in [-0.1, -0.05) is 25.1 Å². The molecule has 0 bridgehead atoms. The molecule has 0 amide bonds. The molecule has 0 saturated carbocycles. The maximum atomic E-state index is 13.0. The molecule has 0 radical (unpaired) electrons. The van der Waals surface area contributed by atoms with Crippen molar-refractivity contribution < 1.29 is 9.53 Å². The fraction of sp³-hybridized carbons (Fsp3) is 0.611. The van der Waals surface area contributed by atoms with Crippen LogP contribution in [0.2, 0.25) is 0 Å². The minimum atomic E-state index is -0.0848. The number of hydrogen-bond acceptors (Lipinski definition) is 3. The average Bonchev–Trinajstić information content (AvgIpc) is 2.56. The second-order valence-electron chi connectivity index (χ2n) is 6.38. The van der Waals surface area contributed by atoms with Crippen LogP contribution in [0, 0.1) is 5.41 Å². The highest BCUT2D eigenvalue weighted by molar-refractivity contribution is 5.85. The fourth-order valence-electron chi connectivity index (χ4n) is 3.80. The molecule has 2 aliphatic heterocycles. The Balaban J connectivity index is 1.76. The van der Waals surface area contributed by atoms with Gasteiger partial charge in [-0.2, -0.15) is 0 Å². The van der Waals surface area contributed by atoms with Crippen molar-refractivity contribution in [2.24, 2.45) is 5.41 Å². The molecule has 2 heterocycles. The van der Waals surface area contributed by atoms with Crippen LogP contribution < -0.4 is 10.1 Å². The summed E-state index contributed by atoms with van der Waals surface area (Å²) in [6.07, 6.45) is 4.59. The molecule has 21 heavy (non-hydrogen) atoms. The molecule has 3 heteroatoms. The van der Waals surface area contributed by atoms with Gasteiger partial charge in [-0.3, -0.25) is 4.79 Å². The van der Waals surface area contributed by atoms with Crippen molar-refractivity contribution in [3.8, 4) is 5.75 Å². The molecule has 1 aromatic carbocycles. The second kappa shape index (κ2) is 6.18. The summed E-state index contributed by atoms with van der Waals surface area (Å²) in [5.41, 5.74) is 1.13. The Hall–Kier alpha value is -1.35. The highest BCUT2D eigenvalue weighted by Gasteiger charge is 2.38. The Morgan fingerprint density at radius 3 is 2.86 bits per heavy atom. The van der Waals surface area contributed by atoms with E-state index in [9.17, 15) is 4.79 Å². The number of Topliss-reactive ketones (excluding diaryl/α,β-unsaturated/α-hetero) is 1. The van der Waals surface area contributed by atoms with Crippen molar-refractivity contribution in [3.63, 3.8) is 0 Å². The predicted octanol–water partition coefficient (Wildman–Crippen LogP) is 3.29. The van der Waals surface area contributed by atoms with Crippen molar-refractivity contribution in [2.45, 2.75) is 44.9 Å². The van der Waals surface area contributed by atoms with E-state index in [0.29, 0.717) is 18.1 Å². The third-order valence-corrected chi connectivity index (χ3v) is 5.34. The SMILES string of the molecule is CCC1(C(=O)CC2CCOc3ccccc32)CCNCC1. The molecule has 3 nitrogen and oxygen atoms in total. The Morgan fingerprint density at radius 2 is 2.10 bits per heavy atom. The number of fused-ring (bicyclic) bond motifs is 1. The van der Waals surface area contributed by atoms with Crippen LogP contribution >= 0.6 is 0 Å². The minimum Gasteiger partial charge on any atom is -0.493 e. The minimum absolute atomic E-state index is 0.0848. The van der Waals surface area contributed by atoms with E-state index in [1.807, 2.05) is 18.2 Å². The number of carbonyl (C=O) groups is 1. The summed E-state index contributed by atoms with van der Waals surface area (Å²) in [4.78, 5) is 13.0. The van der Waals surface area contributed by atoms with Gasteiger partial charge in [-0.05, 0) is 56.3 Å². The number of ketones is 1. The van der Waals surface area contributed by atoms with Crippen molar-refractivity contribution in [2.75, 3.05) is 19.7 Å². The highest BCUT2D eigenvalue weighted by atomic mass is 16.5. The number of piperidine rings is 1. The number of para-hydroxylation sites is 1. The second-order valence-corrected chi connectivity index (χ2v) is 6.38. The molecule has 0 spiro atoms. The standard InChI is InChI=1S/C18H25NO2/c1-2-18(8-10-19-11-9-18)17(20)13-14-7-12-21-16-6-4-3-5-15(14)16/h3-6,14,19H,2,7-13H2,1H3. The van der Waals surface area contributed by atoms with E-state index in [-0.39, 0.29) is 5.41 Å².